The van der Waals surface area contributed by atoms with Crippen LogP contribution in [0.25, 0.3) is 0 Å². The zero-order valence-electron chi connectivity index (χ0n) is 14.2. The van der Waals surface area contributed by atoms with E-state index in [-0.39, 0.29) is 15.7 Å². The summed E-state index contributed by atoms with van der Waals surface area (Å²) >= 11 is 22.9. The highest BCUT2D eigenvalue weighted by atomic mass is 35.5. The molecule has 0 unspecified atom stereocenters. The van der Waals surface area contributed by atoms with Crippen molar-refractivity contribution in [3.8, 4) is 11.5 Å². The van der Waals surface area contributed by atoms with E-state index in [2.05, 4.69) is 10.6 Å². The van der Waals surface area contributed by atoms with Crippen molar-refractivity contribution in [3.63, 3.8) is 0 Å². The molecule has 28 heavy (non-hydrogen) atoms. The molecule has 1 amide bonds. The van der Waals surface area contributed by atoms with E-state index >= 15 is 0 Å². The van der Waals surface area contributed by atoms with Gasteiger partial charge in [-0.05, 0) is 78.9 Å². The minimum absolute atomic E-state index is 0.141. The van der Waals surface area contributed by atoms with Gasteiger partial charge in [-0.15, -0.1) is 0 Å². The Morgan fingerprint density at radius 2 is 1.39 bits per heavy atom. The van der Waals surface area contributed by atoms with E-state index in [1.54, 1.807) is 54.6 Å². The lowest BCUT2D eigenvalue weighted by Crippen LogP contribution is -2.34. The van der Waals surface area contributed by atoms with Crippen LogP contribution in [0.4, 0.5) is 5.69 Å². The fourth-order valence-electron chi connectivity index (χ4n) is 2.25. The van der Waals surface area contributed by atoms with Crippen LogP contribution >= 0.6 is 47.0 Å². The number of anilines is 1. The zero-order chi connectivity index (χ0) is 20.1. The van der Waals surface area contributed by atoms with Crippen molar-refractivity contribution in [2.45, 2.75) is 0 Å². The molecule has 0 spiro atoms. The Bertz CT molecular complexity index is 1010. The molecule has 0 aliphatic heterocycles. The second-order valence-corrected chi connectivity index (χ2v) is 7.30. The molecule has 0 bridgehead atoms. The van der Waals surface area contributed by atoms with Gasteiger partial charge in [-0.1, -0.05) is 34.8 Å². The largest absolute Gasteiger partial charge is 0.457 e. The number of thiocarbonyl (C=S) groups is 1. The smallest absolute Gasteiger partial charge is 0.258 e. The molecule has 0 atom stereocenters. The molecular weight excluding hydrogens is 439 g/mol. The number of benzene rings is 3. The van der Waals surface area contributed by atoms with Crippen molar-refractivity contribution < 1.29 is 9.53 Å². The van der Waals surface area contributed by atoms with Crippen LogP contribution < -0.4 is 15.4 Å². The Balaban J connectivity index is 1.58. The predicted molar refractivity (Wildman–Crippen MR) is 118 cm³/mol. The number of rotatable bonds is 4. The van der Waals surface area contributed by atoms with Gasteiger partial charge < -0.3 is 10.1 Å². The summed E-state index contributed by atoms with van der Waals surface area (Å²) < 4.78 is 5.72. The van der Waals surface area contributed by atoms with Crippen LogP contribution in [0, 0.1) is 0 Å². The molecule has 3 rings (SSSR count). The Labute approximate surface area is 182 Å². The molecule has 2 N–H and O–H groups in total. The van der Waals surface area contributed by atoms with Crippen LogP contribution in [0.2, 0.25) is 15.1 Å². The molecule has 0 aliphatic rings. The molecule has 142 valence electrons. The summed E-state index contributed by atoms with van der Waals surface area (Å²) in [7, 11) is 0. The number of halogens is 3. The number of amides is 1. The quantitative estimate of drug-likeness (QED) is 0.441. The lowest BCUT2D eigenvalue weighted by molar-refractivity contribution is 0.0978. The van der Waals surface area contributed by atoms with Crippen molar-refractivity contribution in [2.24, 2.45) is 0 Å². The molecule has 0 heterocycles. The van der Waals surface area contributed by atoms with Gasteiger partial charge in [0.15, 0.2) is 5.11 Å². The Kier molecular flexibility index (Phi) is 6.75. The summed E-state index contributed by atoms with van der Waals surface area (Å²) in [6.07, 6.45) is 0. The van der Waals surface area contributed by atoms with Crippen LogP contribution in [0.15, 0.2) is 66.7 Å². The number of carbonyl (C=O) groups is 1. The van der Waals surface area contributed by atoms with Crippen LogP contribution in [0.5, 0.6) is 11.5 Å². The summed E-state index contributed by atoms with van der Waals surface area (Å²) in [4.78, 5) is 12.3. The molecule has 0 saturated carbocycles. The van der Waals surface area contributed by atoms with Crippen molar-refractivity contribution in [3.05, 3.63) is 87.4 Å². The van der Waals surface area contributed by atoms with Crippen LogP contribution in [0.1, 0.15) is 10.4 Å². The SMILES string of the molecule is O=C(NC(=S)Nc1ccc(Oc2ccc(Cl)cc2)cc1)c1ccc(Cl)cc1Cl. The minimum Gasteiger partial charge on any atom is -0.457 e. The van der Waals surface area contributed by atoms with Crippen molar-refractivity contribution >= 4 is 63.7 Å². The minimum atomic E-state index is -0.429. The monoisotopic (exact) mass is 450 g/mol. The molecule has 0 aliphatic carbocycles. The fourth-order valence-corrected chi connectivity index (χ4v) is 3.08. The van der Waals surface area contributed by atoms with Gasteiger partial charge in [0.1, 0.15) is 11.5 Å². The summed E-state index contributed by atoms with van der Waals surface area (Å²) in [6.45, 7) is 0. The van der Waals surface area contributed by atoms with E-state index in [4.69, 9.17) is 51.8 Å². The third-order valence-corrected chi connectivity index (χ3v) is 4.57. The number of carbonyl (C=O) groups excluding carboxylic acids is 1. The third kappa shape index (κ3) is 5.59. The van der Waals surface area contributed by atoms with Crippen molar-refractivity contribution in [1.29, 1.82) is 0 Å². The average Bonchev–Trinajstić information content (AvgIpc) is 2.65. The molecule has 0 aromatic heterocycles. The zero-order valence-corrected chi connectivity index (χ0v) is 17.3. The van der Waals surface area contributed by atoms with E-state index in [9.17, 15) is 4.79 Å². The maximum atomic E-state index is 12.3. The van der Waals surface area contributed by atoms with Crippen LogP contribution in [-0.4, -0.2) is 11.0 Å². The maximum Gasteiger partial charge on any atom is 0.258 e. The highest BCUT2D eigenvalue weighted by molar-refractivity contribution is 7.80. The summed E-state index contributed by atoms with van der Waals surface area (Å²) in [5, 5.41) is 6.98. The van der Waals surface area contributed by atoms with Crippen LogP contribution in [0.3, 0.4) is 0 Å². The molecular formula is C20H13Cl3N2O2S. The first-order chi connectivity index (χ1) is 13.4. The Morgan fingerprint density at radius 1 is 0.821 bits per heavy atom. The van der Waals surface area contributed by atoms with Gasteiger partial charge >= 0.3 is 0 Å². The van der Waals surface area contributed by atoms with E-state index in [0.717, 1.165) is 0 Å². The Hall–Kier alpha value is -2.31. The first-order valence-corrected chi connectivity index (χ1v) is 9.56. The molecule has 0 fully saturated rings. The molecule has 3 aromatic rings. The van der Waals surface area contributed by atoms with Gasteiger partial charge in [0, 0.05) is 15.7 Å². The predicted octanol–water partition coefficient (Wildman–Crippen LogP) is 6.57. The second kappa shape index (κ2) is 9.26. The summed E-state index contributed by atoms with van der Waals surface area (Å²) in [6, 6.07) is 18.8. The van der Waals surface area contributed by atoms with E-state index in [1.807, 2.05) is 0 Å². The van der Waals surface area contributed by atoms with Gasteiger partial charge in [-0.2, -0.15) is 0 Å². The van der Waals surface area contributed by atoms with E-state index < -0.39 is 5.91 Å². The molecule has 0 saturated heterocycles. The average molecular weight is 452 g/mol. The first kappa shape index (κ1) is 20.4. The molecule has 3 aromatic carbocycles. The summed E-state index contributed by atoms with van der Waals surface area (Å²) in [5.74, 6) is 0.894. The van der Waals surface area contributed by atoms with E-state index in [1.165, 1.54) is 12.1 Å². The lowest BCUT2D eigenvalue weighted by Gasteiger charge is -2.11. The number of nitrogens with one attached hydrogen (secondary N) is 2. The van der Waals surface area contributed by atoms with Gasteiger partial charge in [0.25, 0.3) is 5.91 Å². The van der Waals surface area contributed by atoms with Crippen molar-refractivity contribution in [1.82, 2.24) is 5.32 Å². The maximum absolute atomic E-state index is 12.3. The number of ether oxygens (including phenoxy) is 1. The standard InChI is InChI=1S/C20H13Cl3N2O2S/c21-12-1-6-15(7-2-12)27-16-8-4-14(5-9-16)24-20(28)25-19(26)17-10-3-13(22)11-18(17)23/h1-11H,(H2,24,25,26,28). The lowest BCUT2D eigenvalue weighted by atomic mass is 10.2. The molecule has 8 heteroatoms. The molecule has 4 nitrogen and oxygen atoms in total. The van der Waals surface area contributed by atoms with Gasteiger partial charge in [-0.25, -0.2) is 0 Å². The first-order valence-electron chi connectivity index (χ1n) is 8.01. The fraction of sp³-hybridized carbons (Fsp3) is 0. The molecule has 0 radical (unpaired) electrons. The van der Waals surface area contributed by atoms with Gasteiger partial charge in [-0.3, -0.25) is 10.1 Å². The van der Waals surface area contributed by atoms with Crippen molar-refractivity contribution in [2.75, 3.05) is 5.32 Å². The van der Waals surface area contributed by atoms with Gasteiger partial charge in [0.05, 0.1) is 10.6 Å². The topological polar surface area (TPSA) is 50.4 Å². The third-order valence-electron chi connectivity index (χ3n) is 3.56. The number of hydrogen-bond donors (Lipinski definition) is 2. The highest BCUT2D eigenvalue weighted by Crippen LogP contribution is 2.24. The van der Waals surface area contributed by atoms with Gasteiger partial charge in [0.2, 0.25) is 0 Å². The number of hydrogen-bond acceptors (Lipinski definition) is 3. The van der Waals surface area contributed by atoms with E-state index in [0.29, 0.717) is 27.2 Å². The highest BCUT2D eigenvalue weighted by Gasteiger charge is 2.12. The normalized spacial score (nSPS) is 10.2. The summed E-state index contributed by atoms with van der Waals surface area (Å²) in [5.41, 5.74) is 0.970. The second-order valence-electron chi connectivity index (χ2n) is 5.61. The van der Waals surface area contributed by atoms with Crippen LogP contribution in [-0.2, 0) is 0 Å². The Morgan fingerprint density at radius 3 is 2.00 bits per heavy atom.